The van der Waals surface area contributed by atoms with Gasteiger partial charge >= 0.3 is 12.3 Å². The monoisotopic (exact) mass is 345 g/mol. The highest BCUT2D eigenvalue weighted by molar-refractivity contribution is 5.83. The van der Waals surface area contributed by atoms with E-state index in [1.807, 2.05) is 51.1 Å². The van der Waals surface area contributed by atoms with E-state index in [9.17, 15) is 14.4 Å². The molecule has 5 heteroatoms. The first-order valence-corrected chi connectivity index (χ1v) is 9.11. The van der Waals surface area contributed by atoms with Crippen molar-refractivity contribution in [2.24, 2.45) is 0 Å². The molecule has 3 amide bonds. The molecule has 1 aliphatic rings. The first-order valence-electron chi connectivity index (χ1n) is 9.11. The molecule has 0 aromatic heterocycles. The van der Waals surface area contributed by atoms with Crippen LogP contribution >= 0.6 is 0 Å². The minimum Gasteiger partial charge on any atom is -0.336 e. The molecule has 136 valence electrons. The van der Waals surface area contributed by atoms with E-state index >= 15 is 0 Å². The van der Waals surface area contributed by atoms with Gasteiger partial charge in [0.15, 0.2) is 0 Å². The van der Waals surface area contributed by atoms with Gasteiger partial charge in [-0.05, 0) is 26.3 Å². The van der Waals surface area contributed by atoms with Crippen molar-refractivity contribution in [2.75, 3.05) is 6.54 Å². The number of rotatable bonds is 7. The summed E-state index contributed by atoms with van der Waals surface area (Å²) in [6, 6.07) is 9.92. The number of quaternary nitrogens is 1. The molecular weight excluding hydrogens is 316 g/mol. The van der Waals surface area contributed by atoms with Crippen LogP contribution in [0.25, 0.3) is 0 Å². The highest BCUT2D eigenvalue weighted by Gasteiger charge is 2.45. The van der Waals surface area contributed by atoms with Gasteiger partial charge in [0.1, 0.15) is 6.04 Å². The average Bonchev–Trinajstić information content (AvgIpc) is 2.99. The number of benzene rings is 1. The van der Waals surface area contributed by atoms with Gasteiger partial charge in [0.05, 0.1) is 13.0 Å². The first-order chi connectivity index (χ1) is 11.9. The lowest BCUT2D eigenvalue weighted by atomic mass is 10.1. The Kier molecular flexibility index (Phi) is 6.48. The summed E-state index contributed by atoms with van der Waals surface area (Å²) >= 11 is 0. The number of carbonyl (C=O) groups is 3. The molecule has 1 unspecified atom stereocenters. The summed E-state index contributed by atoms with van der Waals surface area (Å²) in [6.45, 7) is 7.00. The lowest BCUT2D eigenvalue weighted by Crippen LogP contribution is -2.54. The van der Waals surface area contributed by atoms with Crippen LogP contribution in [0.4, 0.5) is 0 Å². The summed E-state index contributed by atoms with van der Waals surface area (Å²) in [5, 5.41) is 0. The van der Waals surface area contributed by atoms with Crippen LogP contribution in [-0.4, -0.2) is 46.2 Å². The number of likely N-dealkylation sites (tertiary alicyclic amines) is 1. The third-order valence-electron chi connectivity index (χ3n) is 5.28. The molecule has 0 radical (unpaired) electrons. The minimum absolute atomic E-state index is 0.0191. The van der Waals surface area contributed by atoms with Crippen LogP contribution in [0.5, 0.6) is 0 Å². The van der Waals surface area contributed by atoms with Gasteiger partial charge in [-0.1, -0.05) is 30.3 Å². The zero-order chi connectivity index (χ0) is 18.4. The molecule has 0 aliphatic carbocycles. The molecule has 1 heterocycles. The van der Waals surface area contributed by atoms with Gasteiger partial charge in [0.2, 0.25) is 5.91 Å². The number of hydrogen-bond donors (Lipinski definition) is 0. The molecule has 1 aromatic rings. The lowest BCUT2D eigenvalue weighted by molar-refractivity contribution is -0.780. The van der Waals surface area contributed by atoms with Crippen molar-refractivity contribution in [3.63, 3.8) is 0 Å². The van der Waals surface area contributed by atoms with Gasteiger partial charge < -0.3 is 4.90 Å². The van der Waals surface area contributed by atoms with E-state index < -0.39 is 0 Å². The summed E-state index contributed by atoms with van der Waals surface area (Å²) in [5.41, 5.74) is 1.07. The molecule has 1 saturated heterocycles. The van der Waals surface area contributed by atoms with Crippen LogP contribution in [0.1, 0.15) is 52.0 Å². The van der Waals surface area contributed by atoms with E-state index in [2.05, 4.69) is 0 Å². The second kappa shape index (κ2) is 8.39. The van der Waals surface area contributed by atoms with E-state index in [0.29, 0.717) is 13.1 Å². The Hall–Kier alpha value is -2.01. The summed E-state index contributed by atoms with van der Waals surface area (Å²) in [7, 11) is 0. The molecule has 0 spiro atoms. The van der Waals surface area contributed by atoms with Crippen molar-refractivity contribution in [3.8, 4) is 0 Å². The number of amides is 3. The van der Waals surface area contributed by atoms with E-state index in [1.54, 1.807) is 4.90 Å². The molecule has 0 bridgehead atoms. The van der Waals surface area contributed by atoms with Crippen molar-refractivity contribution in [3.05, 3.63) is 35.9 Å². The van der Waals surface area contributed by atoms with E-state index in [0.717, 1.165) is 24.8 Å². The van der Waals surface area contributed by atoms with Crippen molar-refractivity contribution in [2.45, 2.75) is 65.1 Å². The molecule has 0 saturated carbocycles. The number of nitrogens with zero attached hydrogens (tertiary/aromatic N) is 2. The quantitative estimate of drug-likeness (QED) is 0.564. The van der Waals surface area contributed by atoms with Gasteiger partial charge in [-0.2, -0.15) is 4.48 Å². The third kappa shape index (κ3) is 4.34. The maximum absolute atomic E-state index is 12.7. The van der Waals surface area contributed by atoms with Crippen LogP contribution in [0.15, 0.2) is 30.3 Å². The second-order valence-corrected chi connectivity index (χ2v) is 7.25. The summed E-state index contributed by atoms with van der Waals surface area (Å²) in [5.74, 6) is -0.167. The van der Waals surface area contributed by atoms with Gasteiger partial charge in [-0.25, -0.2) is 9.59 Å². The van der Waals surface area contributed by atoms with Gasteiger partial charge in [0.25, 0.3) is 0 Å². The molecule has 1 aromatic carbocycles. The Bertz CT molecular complexity index is 615. The molecule has 2 atom stereocenters. The zero-order valence-corrected chi connectivity index (χ0v) is 15.5. The fourth-order valence-electron chi connectivity index (χ4n) is 3.59. The predicted molar refractivity (Wildman–Crippen MR) is 96.3 cm³/mol. The molecule has 1 aliphatic heterocycles. The Morgan fingerprint density at radius 2 is 1.92 bits per heavy atom. The number of carbonyl (C=O) groups excluding carboxylic acids is 3. The van der Waals surface area contributed by atoms with E-state index in [4.69, 9.17) is 0 Å². The van der Waals surface area contributed by atoms with Crippen LogP contribution in [0.3, 0.4) is 0 Å². The minimum atomic E-state index is -0.128. The fourth-order valence-corrected chi connectivity index (χ4v) is 3.59. The van der Waals surface area contributed by atoms with Crippen molar-refractivity contribution in [1.29, 1.82) is 0 Å². The number of imide groups is 1. The maximum Gasteiger partial charge on any atom is 0.321 e. The molecule has 25 heavy (non-hydrogen) atoms. The average molecular weight is 345 g/mol. The predicted octanol–water partition coefficient (Wildman–Crippen LogP) is 2.89. The topological polar surface area (TPSA) is 54.5 Å². The summed E-state index contributed by atoms with van der Waals surface area (Å²) in [4.78, 5) is 38.7. The molecule has 1 fully saturated rings. The molecule has 0 N–H and O–H groups in total. The molecule has 2 rings (SSSR count). The van der Waals surface area contributed by atoms with Crippen molar-refractivity contribution in [1.82, 2.24) is 4.90 Å². The Morgan fingerprint density at radius 1 is 1.24 bits per heavy atom. The van der Waals surface area contributed by atoms with E-state index in [-0.39, 0.29) is 41.2 Å². The summed E-state index contributed by atoms with van der Waals surface area (Å²) in [6.07, 6.45) is 2.81. The van der Waals surface area contributed by atoms with Crippen molar-refractivity contribution < 1.29 is 18.9 Å². The maximum atomic E-state index is 12.7. The molecular formula is C20H29N2O3+. The zero-order valence-electron chi connectivity index (χ0n) is 15.5. The molecule has 5 nitrogen and oxygen atoms in total. The smallest absolute Gasteiger partial charge is 0.321 e. The van der Waals surface area contributed by atoms with Crippen LogP contribution in [0, 0.1) is 0 Å². The Labute approximate surface area is 150 Å². The normalized spacial score (nSPS) is 22.8. The second-order valence-electron chi connectivity index (χ2n) is 7.25. The highest BCUT2D eigenvalue weighted by Crippen LogP contribution is 2.26. The van der Waals surface area contributed by atoms with Crippen molar-refractivity contribution >= 4 is 18.2 Å². The lowest BCUT2D eigenvalue weighted by Gasteiger charge is -2.30. The van der Waals surface area contributed by atoms with Gasteiger partial charge in [-0.3, -0.25) is 4.79 Å². The summed E-state index contributed by atoms with van der Waals surface area (Å²) < 4.78 is -0.117. The van der Waals surface area contributed by atoms with Crippen LogP contribution in [0.2, 0.25) is 0 Å². The van der Waals surface area contributed by atoms with E-state index in [1.165, 1.54) is 0 Å². The number of hydrogen-bond acceptors (Lipinski definition) is 3. The Balaban J connectivity index is 1.99. The van der Waals surface area contributed by atoms with Crippen LogP contribution < -0.4 is 0 Å². The largest absolute Gasteiger partial charge is 0.336 e. The fraction of sp³-hybridized carbons (Fsp3) is 0.550. The highest BCUT2D eigenvalue weighted by atomic mass is 16.2. The third-order valence-corrected chi connectivity index (χ3v) is 5.28. The van der Waals surface area contributed by atoms with Gasteiger partial charge in [0, 0.05) is 31.8 Å². The standard InChI is InChI=1S/C20H29N2O3/c1-16(2)21(14-18-9-5-4-6-10-18)19(24)11-12-20(25)22(15-23)13-7-8-17(22)3/h4-6,9-10,15-17H,7-8,11-14H2,1-3H3/q+1/t17-,22?/m1/s1. The first kappa shape index (κ1) is 19.3. The van der Waals surface area contributed by atoms with Crippen LogP contribution in [-0.2, 0) is 20.9 Å². The SMILES string of the molecule is CC(C)N(Cc1ccccc1)C(=O)CCC(=O)[N+]1(C=O)CCC[C@H]1C. The Morgan fingerprint density at radius 3 is 2.44 bits per heavy atom. The van der Waals surface area contributed by atoms with Gasteiger partial charge in [-0.15, -0.1) is 0 Å².